The Balaban J connectivity index is 1.83. The summed E-state index contributed by atoms with van der Waals surface area (Å²) in [6, 6.07) is 7.77. The molecule has 8 nitrogen and oxygen atoms in total. The molecule has 33 heavy (non-hydrogen) atoms. The van der Waals surface area contributed by atoms with E-state index in [0.717, 1.165) is 16.5 Å². The Hall–Kier alpha value is -2.65. The Morgan fingerprint density at radius 2 is 1.97 bits per heavy atom. The van der Waals surface area contributed by atoms with Gasteiger partial charge < -0.3 is 33.2 Å². The van der Waals surface area contributed by atoms with E-state index < -0.39 is 12.3 Å². The number of rotatable bonds is 14. The Morgan fingerprint density at radius 3 is 2.73 bits per heavy atom. The lowest BCUT2D eigenvalue weighted by Gasteiger charge is -2.36. The SMILES string of the molecule is C=CCOC(=O)C1=C[C@@H](c2coc3ccccc23)[C@H](CCOCCOCCO)[C@@H](OCC)O1. The molecule has 0 unspecified atom stereocenters. The maximum atomic E-state index is 12.6. The van der Waals surface area contributed by atoms with Crippen LogP contribution in [0.15, 0.2) is 59.4 Å². The molecular formula is C25H32O8. The molecule has 1 N–H and O–H groups in total. The first-order chi connectivity index (χ1) is 16.2. The van der Waals surface area contributed by atoms with Crippen LogP contribution in [0, 0.1) is 5.92 Å². The molecule has 0 aliphatic carbocycles. The van der Waals surface area contributed by atoms with Gasteiger partial charge in [-0.1, -0.05) is 30.9 Å². The molecule has 0 saturated carbocycles. The zero-order valence-electron chi connectivity index (χ0n) is 18.9. The van der Waals surface area contributed by atoms with Crippen LogP contribution in [0.25, 0.3) is 11.0 Å². The summed E-state index contributed by atoms with van der Waals surface area (Å²) >= 11 is 0. The third-order valence-corrected chi connectivity index (χ3v) is 5.32. The molecule has 2 aromatic rings. The fraction of sp³-hybridized carbons (Fsp3) is 0.480. The van der Waals surface area contributed by atoms with Gasteiger partial charge in [0.05, 0.1) is 32.7 Å². The number of furan rings is 1. The van der Waals surface area contributed by atoms with Crippen molar-refractivity contribution in [2.24, 2.45) is 5.92 Å². The van der Waals surface area contributed by atoms with Gasteiger partial charge in [0.25, 0.3) is 0 Å². The smallest absolute Gasteiger partial charge is 0.373 e. The number of benzene rings is 1. The molecule has 0 amide bonds. The maximum absolute atomic E-state index is 12.6. The van der Waals surface area contributed by atoms with Crippen LogP contribution in [-0.4, -0.2) is 63.6 Å². The number of para-hydroxylation sites is 1. The first-order valence-electron chi connectivity index (χ1n) is 11.2. The number of aliphatic hydroxyl groups excluding tert-OH is 1. The van der Waals surface area contributed by atoms with E-state index in [2.05, 4.69) is 6.58 Å². The Kier molecular flexibility index (Phi) is 9.96. The number of ether oxygens (including phenoxy) is 5. The van der Waals surface area contributed by atoms with Crippen LogP contribution in [0.3, 0.4) is 0 Å². The molecule has 1 aromatic carbocycles. The second-order valence-electron chi connectivity index (χ2n) is 7.47. The van der Waals surface area contributed by atoms with Crippen LogP contribution in [0.1, 0.15) is 24.8 Å². The molecular weight excluding hydrogens is 428 g/mol. The molecule has 2 heterocycles. The van der Waals surface area contributed by atoms with E-state index in [1.54, 1.807) is 12.3 Å². The predicted molar refractivity (Wildman–Crippen MR) is 122 cm³/mol. The summed E-state index contributed by atoms with van der Waals surface area (Å²) in [5.41, 5.74) is 1.72. The minimum absolute atomic E-state index is 0.0142. The van der Waals surface area contributed by atoms with E-state index in [4.69, 9.17) is 33.2 Å². The van der Waals surface area contributed by atoms with E-state index in [0.29, 0.717) is 32.8 Å². The fourth-order valence-electron chi connectivity index (χ4n) is 3.85. The van der Waals surface area contributed by atoms with Crippen molar-refractivity contribution in [3.8, 4) is 0 Å². The van der Waals surface area contributed by atoms with Gasteiger partial charge in [0.1, 0.15) is 12.2 Å². The molecule has 1 aliphatic heterocycles. The summed E-state index contributed by atoms with van der Waals surface area (Å²) < 4.78 is 33.8. The van der Waals surface area contributed by atoms with Crippen LogP contribution in [-0.2, 0) is 28.5 Å². The van der Waals surface area contributed by atoms with Crippen molar-refractivity contribution in [1.82, 2.24) is 0 Å². The number of fused-ring (bicyclic) bond motifs is 1. The quantitative estimate of drug-likeness (QED) is 0.260. The minimum atomic E-state index is -0.654. The van der Waals surface area contributed by atoms with Crippen molar-refractivity contribution < 1.29 is 38.0 Å². The molecule has 0 radical (unpaired) electrons. The van der Waals surface area contributed by atoms with Crippen molar-refractivity contribution in [1.29, 1.82) is 0 Å². The summed E-state index contributed by atoms with van der Waals surface area (Å²) in [7, 11) is 0. The van der Waals surface area contributed by atoms with Gasteiger partial charge in [0.2, 0.25) is 12.0 Å². The van der Waals surface area contributed by atoms with Crippen LogP contribution in [0.2, 0.25) is 0 Å². The van der Waals surface area contributed by atoms with Crippen LogP contribution < -0.4 is 0 Å². The van der Waals surface area contributed by atoms with Gasteiger partial charge in [0.15, 0.2) is 0 Å². The van der Waals surface area contributed by atoms with Gasteiger partial charge in [-0.15, -0.1) is 0 Å². The molecule has 0 saturated heterocycles. The Bertz CT molecular complexity index is 918. The van der Waals surface area contributed by atoms with Gasteiger partial charge in [-0.3, -0.25) is 0 Å². The van der Waals surface area contributed by atoms with E-state index in [-0.39, 0.29) is 37.4 Å². The fourth-order valence-corrected chi connectivity index (χ4v) is 3.85. The topological polar surface area (TPSA) is 96.6 Å². The summed E-state index contributed by atoms with van der Waals surface area (Å²) in [6.07, 6.45) is 4.99. The standard InChI is InChI=1S/C25H32O8/c1-3-11-31-24(27)23-16-20(21-17-32-22-8-6-5-7-18(21)22)19(25(33-23)30-4-2)9-12-28-14-15-29-13-10-26/h3,5-8,16-17,19-20,25-26H,1,4,9-15H2,2H3/t19-,20+,25-/m0/s1. The number of esters is 1. The van der Waals surface area contributed by atoms with Gasteiger partial charge in [0, 0.05) is 36.0 Å². The minimum Gasteiger partial charge on any atom is -0.464 e. The second kappa shape index (κ2) is 13.2. The molecule has 1 aromatic heterocycles. The highest BCUT2D eigenvalue weighted by atomic mass is 16.7. The largest absolute Gasteiger partial charge is 0.464 e. The Morgan fingerprint density at radius 1 is 1.18 bits per heavy atom. The summed E-state index contributed by atoms with van der Waals surface area (Å²) in [5, 5.41) is 9.75. The van der Waals surface area contributed by atoms with Gasteiger partial charge in [-0.05, 0) is 25.5 Å². The summed E-state index contributed by atoms with van der Waals surface area (Å²) in [6.45, 7) is 7.53. The second-order valence-corrected chi connectivity index (χ2v) is 7.47. The zero-order chi connectivity index (χ0) is 23.5. The average Bonchev–Trinajstić information content (AvgIpc) is 3.26. The van der Waals surface area contributed by atoms with Crippen molar-refractivity contribution >= 4 is 16.9 Å². The zero-order valence-corrected chi connectivity index (χ0v) is 18.9. The van der Waals surface area contributed by atoms with Crippen molar-refractivity contribution in [3.05, 3.63) is 60.6 Å². The molecule has 0 bridgehead atoms. The van der Waals surface area contributed by atoms with E-state index >= 15 is 0 Å². The highest BCUT2D eigenvalue weighted by molar-refractivity contribution is 5.87. The lowest BCUT2D eigenvalue weighted by atomic mass is 9.81. The molecule has 180 valence electrons. The predicted octanol–water partition coefficient (Wildman–Crippen LogP) is 3.55. The monoisotopic (exact) mass is 460 g/mol. The van der Waals surface area contributed by atoms with E-state index in [1.165, 1.54) is 6.08 Å². The number of allylic oxidation sites excluding steroid dienone is 1. The highest BCUT2D eigenvalue weighted by Crippen LogP contribution is 2.42. The molecule has 0 spiro atoms. The molecule has 1 aliphatic rings. The number of hydrogen-bond donors (Lipinski definition) is 1. The first-order valence-corrected chi connectivity index (χ1v) is 11.2. The van der Waals surface area contributed by atoms with Crippen LogP contribution in [0.5, 0.6) is 0 Å². The van der Waals surface area contributed by atoms with Crippen molar-refractivity contribution in [2.45, 2.75) is 25.6 Å². The van der Waals surface area contributed by atoms with Crippen molar-refractivity contribution in [2.75, 3.05) is 46.2 Å². The van der Waals surface area contributed by atoms with E-state index in [9.17, 15) is 4.79 Å². The molecule has 8 heteroatoms. The molecule has 3 rings (SSSR count). The number of hydrogen-bond acceptors (Lipinski definition) is 8. The lowest BCUT2D eigenvalue weighted by molar-refractivity contribution is -0.176. The third kappa shape index (κ3) is 6.68. The van der Waals surface area contributed by atoms with Gasteiger partial charge in [-0.2, -0.15) is 0 Å². The lowest BCUT2D eigenvalue weighted by Crippen LogP contribution is -2.37. The van der Waals surface area contributed by atoms with Gasteiger partial charge in [-0.25, -0.2) is 4.79 Å². The summed E-state index contributed by atoms with van der Waals surface area (Å²) in [5.74, 6) is -0.784. The van der Waals surface area contributed by atoms with Crippen LogP contribution >= 0.6 is 0 Å². The van der Waals surface area contributed by atoms with E-state index in [1.807, 2.05) is 31.2 Å². The molecule has 3 atom stereocenters. The molecule has 0 fully saturated rings. The summed E-state index contributed by atoms with van der Waals surface area (Å²) in [4.78, 5) is 12.6. The number of carbonyl (C=O) groups is 1. The first kappa shape index (κ1) is 25.0. The normalized spacial score (nSPS) is 20.3. The average molecular weight is 461 g/mol. The maximum Gasteiger partial charge on any atom is 0.373 e. The highest BCUT2D eigenvalue weighted by Gasteiger charge is 2.39. The Labute approximate surface area is 193 Å². The number of carbonyl (C=O) groups excluding carboxylic acids is 1. The van der Waals surface area contributed by atoms with Crippen molar-refractivity contribution in [3.63, 3.8) is 0 Å². The third-order valence-electron chi connectivity index (χ3n) is 5.32. The van der Waals surface area contributed by atoms with Gasteiger partial charge >= 0.3 is 5.97 Å². The van der Waals surface area contributed by atoms with Crippen LogP contribution in [0.4, 0.5) is 0 Å². The number of aliphatic hydroxyl groups is 1.